The monoisotopic (exact) mass is 664 g/mol. The molecule has 0 atom stereocenters. The molecule has 3 heterocycles. The molecule has 10 rings (SSSR count). The SMILES string of the molecule is [CH3][Ge]12[c]3c4cccc3N(c3ccc(-c5ccccc5)cc3)c3cccc([c]31)N(c1ccc(-c3ccccc3)cc1)c1cccc([c]12)O4. The Labute approximate surface area is 277 Å². The third-order valence-electron chi connectivity index (χ3n) is 10.2. The molecule has 0 aromatic heterocycles. The molecule has 47 heavy (non-hydrogen) atoms. The van der Waals surface area contributed by atoms with E-state index in [1.807, 2.05) is 0 Å². The van der Waals surface area contributed by atoms with Crippen molar-refractivity contribution in [2.75, 3.05) is 9.80 Å². The van der Waals surface area contributed by atoms with Crippen LogP contribution in [-0.4, -0.2) is 13.3 Å². The van der Waals surface area contributed by atoms with Crippen LogP contribution in [0.25, 0.3) is 22.3 Å². The second-order valence-electron chi connectivity index (χ2n) is 12.7. The third kappa shape index (κ3) is 3.75. The minimum absolute atomic E-state index is 1.00. The summed E-state index contributed by atoms with van der Waals surface area (Å²) >= 11 is -3.22. The van der Waals surface area contributed by atoms with Crippen LogP contribution in [0.2, 0.25) is 5.76 Å². The molecule has 0 saturated carbocycles. The van der Waals surface area contributed by atoms with Crippen molar-refractivity contribution in [1.82, 2.24) is 0 Å². The molecule has 0 saturated heterocycles. The van der Waals surface area contributed by atoms with E-state index in [-0.39, 0.29) is 0 Å². The van der Waals surface area contributed by atoms with Gasteiger partial charge in [-0.1, -0.05) is 0 Å². The first-order chi connectivity index (χ1) is 23.2. The van der Waals surface area contributed by atoms with Gasteiger partial charge in [-0.25, -0.2) is 0 Å². The molecule has 0 bridgehead atoms. The fraction of sp³-hybridized carbons (Fsp3) is 0.0233. The summed E-state index contributed by atoms with van der Waals surface area (Å²) in [6.45, 7) is 0. The number of nitrogens with zero attached hydrogens (tertiary/aromatic N) is 2. The maximum absolute atomic E-state index is 6.83. The van der Waals surface area contributed by atoms with Crippen LogP contribution in [0.15, 0.2) is 164 Å². The van der Waals surface area contributed by atoms with Gasteiger partial charge >= 0.3 is 278 Å². The van der Waals surface area contributed by atoms with E-state index in [0.29, 0.717) is 0 Å². The molecular formula is C43H30GeN2O. The number of rotatable bonds is 4. The fourth-order valence-corrected chi connectivity index (χ4v) is 18.3. The zero-order valence-corrected chi connectivity index (χ0v) is 28.0. The van der Waals surface area contributed by atoms with Crippen LogP contribution in [0.1, 0.15) is 0 Å². The van der Waals surface area contributed by atoms with Gasteiger partial charge in [0.15, 0.2) is 0 Å². The molecule has 0 N–H and O–H groups in total. The zero-order valence-electron chi connectivity index (χ0n) is 25.9. The van der Waals surface area contributed by atoms with Gasteiger partial charge in [-0.05, 0) is 0 Å². The van der Waals surface area contributed by atoms with Crippen molar-refractivity contribution in [3.05, 3.63) is 164 Å². The van der Waals surface area contributed by atoms with Crippen molar-refractivity contribution in [2.24, 2.45) is 0 Å². The van der Waals surface area contributed by atoms with Crippen molar-refractivity contribution >= 4 is 60.6 Å². The van der Waals surface area contributed by atoms with E-state index in [0.717, 1.165) is 22.9 Å². The molecule has 3 aliphatic heterocycles. The number of anilines is 6. The topological polar surface area (TPSA) is 15.7 Å². The molecule has 3 nitrogen and oxygen atoms in total. The standard InChI is InChI=1S/C43H30GeN2O/c1-44-41-35-15-8-16-36(41)46(34-27-23-32(24-28-34)30-13-6-3-7-14-30)38-18-10-20-40(43(38)44)47-39-19-9-17-37(42(39)44)45(35)33-25-21-31(22-26-33)29-11-4-2-5-12-29/h2-28H,1H3. The van der Waals surface area contributed by atoms with Crippen LogP contribution in [0.3, 0.4) is 0 Å². The van der Waals surface area contributed by atoms with Crippen LogP contribution in [0.4, 0.5) is 34.1 Å². The summed E-state index contributed by atoms with van der Waals surface area (Å²) in [5.41, 5.74) is 12.2. The average molecular weight is 663 g/mol. The normalized spacial score (nSPS) is 14.3. The first-order valence-corrected chi connectivity index (χ1v) is 21.4. The van der Waals surface area contributed by atoms with Gasteiger partial charge in [0.2, 0.25) is 0 Å². The van der Waals surface area contributed by atoms with E-state index < -0.39 is 13.3 Å². The average Bonchev–Trinajstić information content (AvgIpc) is 3.13. The van der Waals surface area contributed by atoms with Crippen molar-refractivity contribution in [1.29, 1.82) is 0 Å². The number of benzene rings is 7. The van der Waals surface area contributed by atoms with Crippen molar-refractivity contribution < 1.29 is 4.74 Å². The van der Waals surface area contributed by atoms with Crippen molar-refractivity contribution in [3.8, 4) is 33.8 Å². The molecule has 4 heteroatoms. The predicted molar refractivity (Wildman–Crippen MR) is 197 cm³/mol. The van der Waals surface area contributed by atoms with Crippen LogP contribution < -0.4 is 27.7 Å². The quantitative estimate of drug-likeness (QED) is 0.175. The summed E-state index contributed by atoms with van der Waals surface area (Å²) in [6, 6.07) is 59.4. The summed E-state index contributed by atoms with van der Waals surface area (Å²) < 4.78 is 11.1. The molecule has 0 spiro atoms. The Hall–Kier alpha value is -5.52. The molecule has 222 valence electrons. The Morgan fingerprint density at radius 3 is 1.15 bits per heavy atom. The Morgan fingerprint density at radius 2 is 0.723 bits per heavy atom. The minimum atomic E-state index is -3.22. The molecule has 0 aliphatic carbocycles. The van der Waals surface area contributed by atoms with Gasteiger partial charge in [-0.3, -0.25) is 0 Å². The maximum atomic E-state index is 6.83. The van der Waals surface area contributed by atoms with E-state index in [2.05, 4.69) is 179 Å². The molecule has 7 aromatic rings. The van der Waals surface area contributed by atoms with Crippen LogP contribution in [0, 0.1) is 0 Å². The molecule has 0 amide bonds. The number of ether oxygens (including phenoxy) is 1. The summed E-state index contributed by atoms with van der Waals surface area (Å²) in [5, 5.41) is 0. The van der Waals surface area contributed by atoms with E-state index >= 15 is 0 Å². The van der Waals surface area contributed by atoms with E-state index in [9.17, 15) is 0 Å². The van der Waals surface area contributed by atoms with Gasteiger partial charge in [0.1, 0.15) is 0 Å². The molecule has 0 fully saturated rings. The first-order valence-electron chi connectivity index (χ1n) is 16.2. The Morgan fingerprint density at radius 1 is 0.362 bits per heavy atom. The molecular weight excluding hydrogens is 633 g/mol. The predicted octanol–water partition coefficient (Wildman–Crippen LogP) is 9.79. The van der Waals surface area contributed by atoms with Gasteiger partial charge in [0.25, 0.3) is 0 Å². The molecule has 7 aromatic carbocycles. The third-order valence-corrected chi connectivity index (χ3v) is 19.7. The van der Waals surface area contributed by atoms with Gasteiger partial charge < -0.3 is 0 Å². The number of hydrogen-bond acceptors (Lipinski definition) is 3. The summed E-state index contributed by atoms with van der Waals surface area (Å²) in [6.07, 6.45) is 0. The van der Waals surface area contributed by atoms with Gasteiger partial charge in [-0.15, -0.1) is 0 Å². The Balaban J connectivity index is 1.20. The van der Waals surface area contributed by atoms with Crippen molar-refractivity contribution in [3.63, 3.8) is 0 Å². The van der Waals surface area contributed by atoms with E-state index in [1.54, 1.807) is 0 Å². The molecule has 0 unspecified atom stereocenters. The van der Waals surface area contributed by atoms with Crippen LogP contribution >= 0.6 is 0 Å². The second-order valence-corrected chi connectivity index (χ2v) is 20.6. The second kappa shape index (κ2) is 9.99. The first kappa shape index (κ1) is 26.7. The van der Waals surface area contributed by atoms with Crippen LogP contribution in [-0.2, 0) is 0 Å². The molecule has 3 aliphatic rings. The van der Waals surface area contributed by atoms with Gasteiger partial charge in [0, 0.05) is 0 Å². The van der Waals surface area contributed by atoms with Crippen LogP contribution in [0.5, 0.6) is 11.5 Å². The Bertz CT molecular complexity index is 2180. The van der Waals surface area contributed by atoms with E-state index in [1.165, 1.54) is 58.2 Å². The van der Waals surface area contributed by atoms with E-state index in [4.69, 9.17) is 4.74 Å². The summed E-state index contributed by atoms with van der Waals surface area (Å²) in [4.78, 5) is 4.94. The van der Waals surface area contributed by atoms with Gasteiger partial charge in [0.05, 0.1) is 0 Å². The Kier molecular flexibility index (Phi) is 5.67. The number of hydrogen-bond donors (Lipinski definition) is 0. The summed E-state index contributed by atoms with van der Waals surface area (Å²) in [5.74, 6) is 4.59. The fourth-order valence-electron chi connectivity index (χ4n) is 8.18. The zero-order chi connectivity index (χ0) is 31.1. The molecule has 0 radical (unpaired) electrons. The van der Waals surface area contributed by atoms with Crippen molar-refractivity contribution in [2.45, 2.75) is 5.76 Å². The summed E-state index contributed by atoms with van der Waals surface area (Å²) in [7, 11) is 0. The van der Waals surface area contributed by atoms with Gasteiger partial charge in [-0.2, -0.15) is 0 Å².